The maximum atomic E-state index is 5.90. The third-order valence-electron chi connectivity index (χ3n) is 5.00. The van der Waals surface area contributed by atoms with Crippen LogP contribution in [0.2, 0.25) is 0 Å². The van der Waals surface area contributed by atoms with Crippen molar-refractivity contribution in [3.8, 4) is 5.75 Å². The van der Waals surface area contributed by atoms with Gasteiger partial charge in [0.05, 0.1) is 26.0 Å². The van der Waals surface area contributed by atoms with Crippen molar-refractivity contribution in [1.82, 2.24) is 10.6 Å². The van der Waals surface area contributed by atoms with Gasteiger partial charge >= 0.3 is 0 Å². The zero-order valence-electron chi connectivity index (χ0n) is 18.4. The molecule has 0 radical (unpaired) electrons. The first-order valence-corrected chi connectivity index (χ1v) is 10.6. The van der Waals surface area contributed by atoms with Crippen LogP contribution in [0.4, 0.5) is 0 Å². The molecule has 2 aromatic rings. The molecule has 172 valence electrons. The zero-order chi connectivity index (χ0) is 21.0. The Bertz CT molecular complexity index is 777. The Balaban J connectivity index is 0.00000341. The van der Waals surface area contributed by atoms with E-state index >= 15 is 0 Å². The fraction of sp³-hybridized carbons (Fsp3) is 0.522. The SMILES string of the molecule is COCCOc1cc(C)ccc1CN=C(NCCc1ccco1)NCC1CCOC1.I. The van der Waals surface area contributed by atoms with Crippen LogP contribution in [0, 0.1) is 12.8 Å². The fourth-order valence-electron chi connectivity index (χ4n) is 3.24. The Kier molecular flexibility index (Phi) is 11.8. The van der Waals surface area contributed by atoms with E-state index in [1.54, 1.807) is 13.4 Å². The smallest absolute Gasteiger partial charge is 0.191 e. The third kappa shape index (κ3) is 9.08. The predicted octanol–water partition coefficient (Wildman–Crippen LogP) is 3.55. The molecular weight excluding hydrogens is 509 g/mol. The maximum Gasteiger partial charge on any atom is 0.191 e. The van der Waals surface area contributed by atoms with Gasteiger partial charge in [-0.05, 0) is 37.1 Å². The van der Waals surface area contributed by atoms with Gasteiger partial charge in [-0.2, -0.15) is 0 Å². The molecule has 1 aromatic heterocycles. The van der Waals surface area contributed by atoms with Crippen LogP contribution in [0.3, 0.4) is 0 Å². The summed E-state index contributed by atoms with van der Waals surface area (Å²) in [5.41, 5.74) is 2.21. The number of hydrogen-bond acceptors (Lipinski definition) is 5. The number of guanidine groups is 1. The van der Waals surface area contributed by atoms with E-state index < -0.39 is 0 Å². The van der Waals surface area contributed by atoms with Crippen LogP contribution in [0.5, 0.6) is 5.75 Å². The van der Waals surface area contributed by atoms with Crippen molar-refractivity contribution in [3.05, 3.63) is 53.5 Å². The molecule has 31 heavy (non-hydrogen) atoms. The summed E-state index contributed by atoms with van der Waals surface area (Å²) in [6, 6.07) is 10.1. The van der Waals surface area contributed by atoms with Gasteiger partial charge in [0.2, 0.25) is 0 Å². The van der Waals surface area contributed by atoms with Crippen molar-refractivity contribution < 1.29 is 18.6 Å². The number of nitrogens with one attached hydrogen (secondary N) is 2. The van der Waals surface area contributed by atoms with Crippen LogP contribution in [0.15, 0.2) is 46.0 Å². The Labute approximate surface area is 202 Å². The lowest BCUT2D eigenvalue weighted by atomic mass is 10.1. The zero-order valence-corrected chi connectivity index (χ0v) is 20.7. The number of aryl methyl sites for hydroxylation is 1. The highest BCUT2D eigenvalue weighted by atomic mass is 127. The number of furan rings is 1. The van der Waals surface area contributed by atoms with E-state index in [4.69, 9.17) is 23.6 Å². The average molecular weight is 543 g/mol. The summed E-state index contributed by atoms with van der Waals surface area (Å²) >= 11 is 0. The standard InChI is InChI=1S/C23H33N3O4.HI/c1-18-5-6-20(22(14-18)30-13-12-27-2)16-26-23(25-15-19-8-11-28-17-19)24-9-7-21-4-3-10-29-21;/h3-6,10,14,19H,7-9,11-13,15-17H2,1-2H3,(H2,24,25,26);1H. The van der Waals surface area contributed by atoms with Crippen LogP contribution >= 0.6 is 24.0 Å². The van der Waals surface area contributed by atoms with Crippen molar-refractivity contribution >= 4 is 29.9 Å². The normalized spacial score (nSPS) is 16.1. The van der Waals surface area contributed by atoms with E-state index in [9.17, 15) is 0 Å². The van der Waals surface area contributed by atoms with Crippen LogP contribution < -0.4 is 15.4 Å². The average Bonchev–Trinajstić information content (AvgIpc) is 3.45. The van der Waals surface area contributed by atoms with E-state index in [1.807, 2.05) is 18.2 Å². The first-order chi connectivity index (χ1) is 14.7. The first-order valence-electron chi connectivity index (χ1n) is 10.6. The highest BCUT2D eigenvalue weighted by Crippen LogP contribution is 2.21. The molecule has 0 spiro atoms. The molecule has 1 saturated heterocycles. The molecule has 2 heterocycles. The monoisotopic (exact) mass is 543 g/mol. The Morgan fingerprint density at radius 3 is 2.87 bits per heavy atom. The molecule has 3 rings (SSSR count). The molecule has 0 amide bonds. The lowest BCUT2D eigenvalue weighted by molar-refractivity contribution is 0.145. The molecule has 1 aromatic carbocycles. The molecule has 7 nitrogen and oxygen atoms in total. The van der Waals surface area contributed by atoms with Crippen LogP contribution in [-0.4, -0.2) is 52.6 Å². The molecule has 2 N–H and O–H groups in total. The summed E-state index contributed by atoms with van der Waals surface area (Å²) in [4.78, 5) is 4.80. The summed E-state index contributed by atoms with van der Waals surface area (Å²) in [5.74, 6) is 3.12. The van der Waals surface area contributed by atoms with E-state index in [1.165, 1.54) is 0 Å². The Morgan fingerprint density at radius 1 is 1.23 bits per heavy atom. The summed E-state index contributed by atoms with van der Waals surface area (Å²) < 4.78 is 21.9. The van der Waals surface area contributed by atoms with Crippen molar-refractivity contribution in [2.24, 2.45) is 10.9 Å². The number of rotatable bonds is 11. The molecule has 0 saturated carbocycles. The highest BCUT2D eigenvalue weighted by Gasteiger charge is 2.16. The van der Waals surface area contributed by atoms with Gasteiger partial charge in [-0.25, -0.2) is 4.99 Å². The number of methoxy groups -OCH3 is 1. The molecule has 1 unspecified atom stereocenters. The van der Waals surface area contributed by atoms with E-state index in [0.29, 0.717) is 25.7 Å². The topological polar surface area (TPSA) is 77.2 Å². The van der Waals surface area contributed by atoms with Crippen LogP contribution in [0.25, 0.3) is 0 Å². The van der Waals surface area contributed by atoms with Crippen molar-refractivity contribution in [1.29, 1.82) is 0 Å². The minimum Gasteiger partial charge on any atom is -0.491 e. The van der Waals surface area contributed by atoms with Crippen LogP contribution in [0.1, 0.15) is 23.3 Å². The summed E-state index contributed by atoms with van der Waals surface area (Å²) in [6.07, 6.45) is 3.59. The van der Waals surface area contributed by atoms with Crippen LogP contribution in [-0.2, 0) is 22.4 Å². The number of hydrogen-bond donors (Lipinski definition) is 2. The highest BCUT2D eigenvalue weighted by molar-refractivity contribution is 14.0. The van der Waals surface area contributed by atoms with Crippen molar-refractivity contribution in [2.75, 3.05) is 46.6 Å². The van der Waals surface area contributed by atoms with Gasteiger partial charge < -0.3 is 29.3 Å². The molecule has 1 atom stereocenters. The molecule has 1 fully saturated rings. The molecule has 1 aliphatic heterocycles. The largest absolute Gasteiger partial charge is 0.491 e. The second-order valence-electron chi connectivity index (χ2n) is 7.48. The minimum atomic E-state index is 0. The number of halogens is 1. The quantitative estimate of drug-likeness (QED) is 0.196. The van der Waals surface area contributed by atoms with Gasteiger partial charge in [-0.3, -0.25) is 0 Å². The van der Waals surface area contributed by atoms with Gasteiger partial charge in [-0.1, -0.05) is 12.1 Å². The lowest BCUT2D eigenvalue weighted by Crippen LogP contribution is -2.40. The van der Waals surface area contributed by atoms with Gasteiger partial charge in [0.15, 0.2) is 5.96 Å². The van der Waals surface area contributed by atoms with Gasteiger partial charge in [-0.15, -0.1) is 24.0 Å². The molecule has 0 aliphatic carbocycles. The third-order valence-corrected chi connectivity index (χ3v) is 5.00. The Morgan fingerprint density at radius 2 is 2.13 bits per heavy atom. The number of ether oxygens (including phenoxy) is 3. The summed E-state index contributed by atoms with van der Waals surface area (Å²) in [7, 11) is 1.67. The summed E-state index contributed by atoms with van der Waals surface area (Å²) in [6.45, 7) is 6.90. The molecule has 1 aliphatic rings. The minimum absolute atomic E-state index is 0. The second kappa shape index (κ2) is 14.3. The summed E-state index contributed by atoms with van der Waals surface area (Å²) in [5, 5.41) is 6.88. The van der Waals surface area contributed by atoms with E-state index in [-0.39, 0.29) is 24.0 Å². The number of nitrogens with zero attached hydrogens (tertiary/aromatic N) is 1. The lowest BCUT2D eigenvalue weighted by Gasteiger charge is -2.16. The second-order valence-corrected chi connectivity index (χ2v) is 7.48. The van der Waals surface area contributed by atoms with Gasteiger partial charge in [0.1, 0.15) is 18.1 Å². The van der Waals surface area contributed by atoms with Gasteiger partial charge in [0, 0.05) is 44.7 Å². The van der Waals surface area contributed by atoms with E-state index in [0.717, 1.165) is 67.7 Å². The predicted molar refractivity (Wildman–Crippen MR) is 132 cm³/mol. The molecule has 0 bridgehead atoms. The van der Waals surface area contributed by atoms with Crippen molar-refractivity contribution in [3.63, 3.8) is 0 Å². The number of benzene rings is 1. The van der Waals surface area contributed by atoms with Crippen molar-refractivity contribution in [2.45, 2.75) is 26.3 Å². The number of aliphatic imine (C=N–C) groups is 1. The Hall–Kier alpha value is -1.78. The molecular formula is C23H34IN3O4. The molecule has 8 heteroatoms. The fourth-order valence-corrected chi connectivity index (χ4v) is 3.24. The first kappa shape index (κ1) is 25.5. The maximum absolute atomic E-state index is 5.90. The van der Waals surface area contributed by atoms with Gasteiger partial charge in [0.25, 0.3) is 0 Å². The van der Waals surface area contributed by atoms with E-state index in [2.05, 4.69) is 29.7 Å².